The maximum atomic E-state index is 13.7. The third-order valence-corrected chi connectivity index (χ3v) is 7.56. The van der Waals surface area contributed by atoms with E-state index in [4.69, 9.17) is 15.3 Å². The van der Waals surface area contributed by atoms with Crippen molar-refractivity contribution in [1.29, 1.82) is 5.41 Å². The van der Waals surface area contributed by atoms with Gasteiger partial charge in [0.1, 0.15) is 5.49 Å². The van der Waals surface area contributed by atoms with Crippen molar-refractivity contribution in [3.8, 4) is 0 Å². The fourth-order valence-electron chi connectivity index (χ4n) is 5.03. The molecule has 11 heteroatoms. The quantitative estimate of drug-likeness (QED) is 0.355. The molecule has 0 radical (unpaired) electrons. The van der Waals surface area contributed by atoms with E-state index < -0.39 is 11.5 Å². The van der Waals surface area contributed by atoms with Crippen molar-refractivity contribution in [2.45, 2.75) is 109 Å². The number of aromatic nitrogens is 2. The van der Waals surface area contributed by atoms with Crippen LogP contribution in [0.5, 0.6) is 0 Å². The number of halogens is 2. The summed E-state index contributed by atoms with van der Waals surface area (Å²) < 4.78 is 29.0. The van der Waals surface area contributed by atoms with Crippen molar-refractivity contribution in [1.82, 2.24) is 20.0 Å². The van der Waals surface area contributed by atoms with Crippen molar-refractivity contribution in [2.24, 2.45) is 5.92 Å². The van der Waals surface area contributed by atoms with Gasteiger partial charge in [0.05, 0.1) is 11.2 Å². The lowest BCUT2D eigenvalue weighted by molar-refractivity contribution is -0.139. The Balaban J connectivity index is 0.00000178. The number of amides is 2. The maximum absolute atomic E-state index is 13.7. The molecule has 2 aliphatic rings. The number of nitrogens with one attached hydrogen (secondary N) is 2. The summed E-state index contributed by atoms with van der Waals surface area (Å²) in [7, 11) is 0. The Hall–Kier alpha value is -3.11. The van der Waals surface area contributed by atoms with E-state index in [-0.39, 0.29) is 48.0 Å². The van der Waals surface area contributed by atoms with E-state index >= 15 is 0 Å². The highest BCUT2D eigenvalue weighted by Crippen LogP contribution is 2.40. The minimum atomic E-state index is -2.60. The summed E-state index contributed by atoms with van der Waals surface area (Å²) in [5.74, 6) is -2.48. The van der Waals surface area contributed by atoms with E-state index in [0.29, 0.717) is 38.8 Å². The third kappa shape index (κ3) is 9.52. The van der Waals surface area contributed by atoms with Gasteiger partial charge in [-0.25, -0.2) is 13.5 Å². The molecule has 2 aliphatic carbocycles. The molecule has 3 rings (SSSR count). The Morgan fingerprint density at radius 3 is 2.30 bits per heavy atom. The number of hydrogen-bond donors (Lipinski definition) is 3. The molecule has 0 atom stereocenters. The minimum Gasteiger partial charge on any atom is -0.483 e. The Morgan fingerprint density at radius 2 is 1.80 bits per heavy atom. The first-order valence-electron chi connectivity index (χ1n) is 14.0. The first kappa shape index (κ1) is 33.1. The van der Waals surface area contributed by atoms with Crippen LogP contribution in [0.4, 0.5) is 8.78 Å². The Morgan fingerprint density at radius 1 is 1.20 bits per heavy atom. The lowest BCUT2D eigenvalue weighted by atomic mass is 9.82. The van der Waals surface area contributed by atoms with Gasteiger partial charge in [-0.3, -0.25) is 19.8 Å². The summed E-state index contributed by atoms with van der Waals surface area (Å²) in [6, 6.07) is 1.92. The van der Waals surface area contributed by atoms with Crippen LogP contribution in [-0.2, 0) is 19.8 Å². The Bertz CT molecular complexity index is 1100. The Labute approximate surface area is 235 Å². The molecule has 2 amide bonds. The summed E-state index contributed by atoms with van der Waals surface area (Å²) >= 11 is 0. The molecule has 1 heterocycles. The molecule has 2 fully saturated rings. The smallest absolute Gasteiger partial charge is 0.290 e. The number of carboxylic acid groups (broad SMARTS) is 1. The minimum absolute atomic E-state index is 0.0517. The lowest BCUT2D eigenvalue weighted by Crippen LogP contribution is -2.52. The van der Waals surface area contributed by atoms with E-state index in [9.17, 15) is 18.4 Å². The average Bonchev–Trinajstić information content (AvgIpc) is 2.80. The summed E-state index contributed by atoms with van der Waals surface area (Å²) in [5.41, 5.74) is 1.01. The van der Waals surface area contributed by atoms with Crippen LogP contribution in [-0.4, -0.2) is 63.1 Å². The molecule has 3 N–H and O–H groups in total. The number of nitrogens with zero attached hydrogens (tertiary/aromatic N) is 3. The summed E-state index contributed by atoms with van der Waals surface area (Å²) in [6.45, 7) is 10.5. The zero-order valence-electron chi connectivity index (χ0n) is 24.4. The molecule has 0 aliphatic heterocycles. The van der Waals surface area contributed by atoms with Gasteiger partial charge in [0.15, 0.2) is 0 Å². The largest absolute Gasteiger partial charge is 0.483 e. The molecule has 1 aromatic heterocycles. The van der Waals surface area contributed by atoms with Gasteiger partial charge in [-0.1, -0.05) is 33.3 Å². The van der Waals surface area contributed by atoms with Crippen LogP contribution in [0.15, 0.2) is 12.1 Å². The van der Waals surface area contributed by atoms with Crippen molar-refractivity contribution >= 4 is 25.0 Å². The van der Waals surface area contributed by atoms with Crippen LogP contribution in [0, 0.1) is 11.3 Å². The van der Waals surface area contributed by atoms with Gasteiger partial charge in [0.2, 0.25) is 18.2 Å². The number of carbonyl (C=O) groups is 3. The van der Waals surface area contributed by atoms with Gasteiger partial charge in [-0.2, -0.15) is 5.10 Å². The first-order chi connectivity index (χ1) is 18.6. The molecule has 1 aromatic rings. The highest BCUT2D eigenvalue weighted by Gasteiger charge is 2.36. The third-order valence-electron chi connectivity index (χ3n) is 7.56. The second-order valence-corrected chi connectivity index (χ2v) is 12.5. The molecule has 0 unspecified atom stereocenters. The summed E-state index contributed by atoms with van der Waals surface area (Å²) in [4.78, 5) is 34.2. The predicted octanol–water partition coefficient (Wildman–Crippen LogP) is 4.67. The van der Waals surface area contributed by atoms with Gasteiger partial charge in [-0.05, 0) is 57.4 Å². The highest BCUT2D eigenvalue weighted by molar-refractivity contribution is 5.79. The number of rotatable bonds is 10. The summed E-state index contributed by atoms with van der Waals surface area (Å²) in [6.07, 6.45) is 8.25. The Kier molecular flexibility index (Phi) is 11.6. The standard InChI is InChI=1S/C28H43F2N5O2.CH2O2/c1-26(2,3)22-17-23(20-11-13-28(29,30)14-12-20)33-35(24(22)31)16-7-6-15-34(18-27(4,5)32-19-36)25(37)21-9-8-10-21;2-1-3/h7,16-17,19-21,31H,6,8-15,18H2,1-5H3,(H,32,36);1H,(H,2,3)/b16-7+,31-24?;. The monoisotopic (exact) mass is 565 g/mol. The van der Waals surface area contributed by atoms with Gasteiger partial charge in [0.25, 0.3) is 6.47 Å². The molecule has 0 aromatic carbocycles. The van der Waals surface area contributed by atoms with Crippen molar-refractivity contribution in [3.63, 3.8) is 0 Å². The molecule has 2 saturated carbocycles. The number of alkyl halides is 2. The highest BCUT2D eigenvalue weighted by atomic mass is 19.3. The average molecular weight is 566 g/mol. The fraction of sp³-hybridized carbons (Fsp3) is 0.690. The lowest BCUT2D eigenvalue weighted by Gasteiger charge is -2.36. The molecule has 9 nitrogen and oxygen atoms in total. The van der Waals surface area contributed by atoms with Crippen molar-refractivity contribution in [2.75, 3.05) is 13.1 Å². The first-order valence-corrected chi connectivity index (χ1v) is 14.0. The number of hydrogen-bond acceptors (Lipinski definition) is 5. The molecule has 224 valence electrons. The molecule has 40 heavy (non-hydrogen) atoms. The number of carbonyl (C=O) groups excluding carboxylic acids is 2. The van der Waals surface area contributed by atoms with Crippen molar-refractivity contribution < 1.29 is 28.3 Å². The molecule has 0 spiro atoms. The van der Waals surface area contributed by atoms with Crippen LogP contribution in [0.25, 0.3) is 6.20 Å². The molecular formula is C29H45F2N5O4. The molecular weight excluding hydrogens is 520 g/mol. The van der Waals surface area contributed by atoms with Crippen LogP contribution in [0.2, 0.25) is 0 Å². The topological polar surface area (TPSA) is 128 Å². The zero-order valence-corrected chi connectivity index (χ0v) is 24.4. The van der Waals surface area contributed by atoms with Gasteiger partial charge in [0, 0.05) is 49.5 Å². The normalized spacial score (nSPS) is 17.9. The maximum Gasteiger partial charge on any atom is 0.290 e. The van der Waals surface area contributed by atoms with Gasteiger partial charge < -0.3 is 15.3 Å². The predicted molar refractivity (Wildman–Crippen MR) is 149 cm³/mol. The SMILES string of the molecule is CC(C)(CN(CC/C=C/n1nc(C2CCC(F)(F)CC2)cc(C(C)(C)C)c1=N)C(=O)C1CCC1)NC=O.O=CO. The van der Waals surface area contributed by atoms with Crippen LogP contribution in [0.1, 0.15) is 103 Å². The van der Waals surface area contributed by atoms with E-state index in [0.717, 1.165) is 30.5 Å². The van der Waals surface area contributed by atoms with E-state index in [1.54, 1.807) is 10.9 Å². The van der Waals surface area contributed by atoms with E-state index in [1.165, 1.54) is 0 Å². The van der Waals surface area contributed by atoms with Gasteiger partial charge >= 0.3 is 0 Å². The summed E-state index contributed by atoms with van der Waals surface area (Å²) in [5, 5.41) is 23.1. The van der Waals surface area contributed by atoms with Gasteiger partial charge in [-0.15, -0.1) is 0 Å². The van der Waals surface area contributed by atoms with Crippen LogP contribution in [0.3, 0.4) is 0 Å². The van der Waals surface area contributed by atoms with E-state index in [2.05, 4.69) is 10.4 Å². The van der Waals surface area contributed by atoms with Crippen LogP contribution >= 0.6 is 0 Å². The van der Waals surface area contributed by atoms with Crippen LogP contribution < -0.4 is 10.8 Å². The van der Waals surface area contributed by atoms with Crippen molar-refractivity contribution in [3.05, 3.63) is 28.9 Å². The van der Waals surface area contributed by atoms with E-state index in [1.807, 2.05) is 51.7 Å². The fourth-order valence-corrected chi connectivity index (χ4v) is 5.03. The second-order valence-electron chi connectivity index (χ2n) is 12.5. The zero-order chi connectivity index (χ0) is 30.1. The second kappa shape index (κ2) is 14.0. The molecule has 0 bridgehead atoms. The molecule has 0 saturated heterocycles.